The van der Waals surface area contributed by atoms with Crippen LogP contribution in [0.4, 0.5) is 21.6 Å². The first-order valence-corrected chi connectivity index (χ1v) is 13.5. The number of benzene rings is 2. The van der Waals surface area contributed by atoms with Crippen molar-refractivity contribution in [2.45, 2.75) is 25.8 Å². The van der Waals surface area contributed by atoms with Crippen molar-refractivity contribution >= 4 is 72.5 Å². The first-order chi connectivity index (χ1) is 17.7. The highest BCUT2D eigenvalue weighted by atomic mass is 127. The van der Waals surface area contributed by atoms with Gasteiger partial charge in [-0.2, -0.15) is 0 Å². The van der Waals surface area contributed by atoms with E-state index in [-0.39, 0.29) is 45.3 Å². The molecule has 1 amide bonds. The van der Waals surface area contributed by atoms with Crippen LogP contribution in [0.25, 0.3) is 16.6 Å². The minimum atomic E-state index is -0.593. The van der Waals surface area contributed by atoms with Gasteiger partial charge in [0, 0.05) is 20.9 Å². The Morgan fingerprint density at radius 3 is 2.62 bits per heavy atom. The molecular formula is C25H20BrFIN5O4. The van der Waals surface area contributed by atoms with E-state index in [0.717, 1.165) is 0 Å². The van der Waals surface area contributed by atoms with Crippen molar-refractivity contribution in [1.82, 2.24) is 14.1 Å². The number of hydrogen-bond acceptors (Lipinski definition) is 5. The summed E-state index contributed by atoms with van der Waals surface area (Å²) in [5.74, 6) is -0.855. The smallest absolute Gasteiger partial charge is 0.336 e. The number of aromatic amines is 1. The van der Waals surface area contributed by atoms with Gasteiger partial charge in [-0.25, -0.2) is 9.18 Å². The normalized spacial score (nSPS) is 13.1. The molecule has 0 aliphatic heterocycles. The summed E-state index contributed by atoms with van der Waals surface area (Å²) in [4.78, 5) is 55.0. The Morgan fingerprint density at radius 2 is 1.95 bits per heavy atom. The predicted octanol–water partition coefficient (Wildman–Crippen LogP) is 4.30. The van der Waals surface area contributed by atoms with Gasteiger partial charge in [0.1, 0.15) is 17.0 Å². The number of fused-ring (bicyclic) bond motifs is 1. The molecule has 37 heavy (non-hydrogen) atoms. The predicted molar refractivity (Wildman–Crippen MR) is 152 cm³/mol. The fraction of sp³-hybridized carbons (Fsp3) is 0.200. The number of nitrogens with zero attached hydrogens (tertiary/aromatic N) is 2. The van der Waals surface area contributed by atoms with E-state index in [1.165, 1.54) is 28.2 Å². The van der Waals surface area contributed by atoms with Crippen LogP contribution in [-0.2, 0) is 4.79 Å². The molecule has 2 aromatic heterocycles. The molecular weight excluding hydrogens is 660 g/mol. The Balaban J connectivity index is 1.84. The Morgan fingerprint density at radius 1 is 1.19 bits per heavy atom. The fourth-order valence-corrected chi connectivity index (χ4v) is 4.81. The first kappa shape index (κ1) is 25.4. The summed E-state index contributed by atoms with van der Waals surface area (Å²) >= 11 is 5.09. The Hall–Kier alpha value is -3.26. The van der Waals surface area contributed by atoms with E-state index in [2.05, 4.69) is 31.5 Å². The van der Waals surface area contributed by atoms with Crippen molar-refractivity contribution in [2.75, 3.05) is 16.0 Å². The lowest BCUT2D eigenvalue weighted by atomic mass is 10.1. The van der Waals surface area contributed by atoms with E-state index in [1.54, 1.807) is 30.3 Å². The monoisotopic (exact) mass is 679 g/mol. The van der Waals surface area contributed by atoms with Gasteiger partial charge in [-0.3, -0.25) is 23.5 Å². The minimum Gasteiger partial charge on any atom is -0.339 e. The number of halogens is 3. The summed E-state index contributed by atoms with van der Waals surface area (Å²) in [5.41, 5.74) is -0.593. The standard InChI is InChI=1S/C25H20BrFIN5O4/c1-12-21-20(22(31-23(12)35)30-18-8-5-13(28)9-17(18)27)24(36)33(15-6-7-15)25(37)32(21)16-4-2-3-14(10-16)29-19(34)11-26/h2-5,8-10,15H,6-7,11H2,1H3,(H,29,34)(H2,30,31,35). The zero-order valence-corrected chi connectivity index (χ0v) is 23.1. The number of alkyl halides is 1. The number of rotatable bonds is 6. The number of hydrogen-bond donors (Lipinski definition) is 3. The number of amides is 1. The number of carbonyl (C=O) groups excluding carboxylic acids is 1. The molecule has 3 N–H and O–H groups in total. The molecule has 12 heteroatoms. The largest absolute Gasteiger partial charge is 0.339 e. The van der Waals surface area contributed by atoms with Crippen LogP contribution in [0.15, 0.2) is 56.8 Å². The molecule has 2 heterocycles. The number of aromatic nitrogens is 3. The van der Waals surface area contributed by atoms with Crippen LogP contribution in [0.5, 0.6) is 0 Å². The summed E-state index contributed by atoms with van der Waals surface area (Å²) in [6.07, 6.45) is 1.33. The number of pyridine rings is 1. The zero-order valence-electron chi connectivity index (χ0n) is 19.4. The van der Waals surface area contributed by atoms with Gasteiger partial charge in [0.25, 0.3) is 11.1 Å². The second kappa shape index (κ2) is 9.89. The van der Waals surface area contributed by atoms with Crippen molar-refractivity contribution in [2.24, 2.45) is 0 Å². The van der Waals surface area contributed by atoms with Crippen LogP contribution in [0.2, 0.25) is 0 Å². The Kier molecular flexibility index (Phi) is 6.79. The Labute approximate surface area is 231 Å². The van der Waals surface area contributed by atoms with Crippen LogP contribution in [0.1, 0.15) is 24.4 Å². The molecule has 1 aliphatic rings. The van der Waals surface area contributed by atoms with E-state index in [9.17, 15) is 23.6 Å². The molecule has 0 bridgehead atoms. The Bertz CT molecular complexity index is 1760. The average Bonchev–Trinajstić information content (AvgIpc) is 3.69. The van der Waals surface area contributed by atoms with Crippen LogP contribution in [-0.4, -0.2) is 25.4 Å². The van der Waals surface area contributed by atoms with Gasteiger partial charge >= 0.3 is 5.69 Å². The summed E-state index contributed by atoms with van der Waals surface area (Å²) in [6.45, 7) is 1.52. The molecule has 0 radical (unpaired) electrons. The highest BCUT2D eigenvalue weighted by Gasteiger charge is 2.31. The van der Waals surface area contributed by atoms with Gasteiger partial charge in [-0.05, 0) is 78.8 Å². The number of H-pyrrole nitrogens is 1. The molecule has 1 saturated carbocycles. The maximum Gasteiger partial charge on any atom is 0.336 e. The van der Waals surface area contributed by atoms with Crippen molar-refractivity contribution in [1.29, 1.82) is 0 Å². The SMILES string of the molecule is Cc1c(=O)[nH]c(Nc2ccc(I)cc2F)c2c(=O)n(C3CC3)c(=O)n(-c3cccc(NC(=O)CBr)c3)c12. The molecule has 0 atom stereocenters. The highest BCUT2D eigenvalue weighted by molar-refractivity contribution is 14.1. The molecule has 0 unspecified atom stereocenters. The maximum absolute atomic E-state index is 14.7. The summed E-state index contributed by atoms with van der Waals surface area (Å²) < 4.78 is 17.8. The second-order valence-electron chi connectivity index (χ2n) is 8.68. The van der Waals surface area contributed by atoms with Crippen LogP contribution in [0.3, 0.4) is 0 Å². The van der Waals surface area contributed by atoms with Crippen molar-refractivity contribution in [3.8, 4) is 5.69 Å². The van der Waals surface area contributed by atoms with Gasteiger partial charge in [0.05, 0.1) is 22.2 Å². The third-order valence-corrected chi connectivity index (χ3v) is 7.27. The molecule has 1 fully saturated rings. The van der Waals surface area contributed by atoms with Crippen LogP contribution >= 0.6 is 38.5 Å². The van der Waals surface area contributed by atoms with Crippen LogP contribution < -0.4 is 27.4 Å². The van der Waals surface area contributed by atoms with Gasteiger partial charge < -0.3 is 15.6 Å². The quantitative estimate of drug-likeness (QED) is 0.208. The molecule has 5 rings (SSSR count). The van der Waals surface area contributed by atoms with Crippen LogP contribution in [0, 0.1) is 16.3 Å². The molecule has 1 aliphatic carbocycles. The van der Waals surface area contributed by atoms with Gasteiger partial charge in [0.15, 0.2) is 0 Å². The molecule has 2 aromatic carbocycles. The van der Waals surface area contributed by atoms with Crippen molar-refractivity contribution < 1.29 is 9.18 Å². The summed E-state index contributed by atoms with van der Waals surface area (Å²) in [5, 5.41) is 5.72. The highest BCUT2D eigenvalue weighted by Crippen LogP contribution is 2.34. The lowest BCUT2D eigenvalue weighted by molar-refractivity contribution is -0.113. The topological polar surface area (TPSA) is 118 Å². The van der Waals surface area contributed by atoms with E-state index in [4.69, 9.17) is 0 Å². The molecule has 9 nitrogen and oxygen atoms in total. The molecule has 0 spiro atoms. The number of aryl methyl sites for hydroxylation is 1. The number of anilines is 3. The first-order valence-electron chi connectivity index (χ1n) is 11.3. The van der Waals surface area contributed by atoms with E-state index in [1.807, 2.05) is 22.6 Å². The fourth-order valence-electron chi connectivity index (χ4n) is 4.21. The van der Waals surface area contributed by atoms with E-state index in [0.29, 0.717) is 27.8 Å². The van der Waals surface area contributed by atoms with Gasteiger partial charge in [0.2, 0.25) is 5.91 Å². The minimum absolute atomic E-state index is 0.0115. The third-order valence-electron chi connectivity index (χ3n) is 6.09. The second-order valence-corrected chi connectivity index (χ2v) is 10.5. The van der Waals surface area contributed by atoms with Gasteiger partial charge in [-0.15, -0.1) is 0 Å². The third kappa shape index (κ3) is 4.75. The zero-order chi connectivity index (χ0) is 26.4. The van der Waals surface area contributed by atoms with Crippen molar-refractivity contribution in [3.05, 3.63) is 88.6 Å². The summed E-state index contributed by atoms with van der Waals surface area (Å²) in [6, 6.07) is 10.8. The lowest BCUT2D eigenvalue weighted by Gasteiger charge is -2.18. The maximum atomic E-state index is 14.7. The van der Waals surface area contributed by atoms with E-state index >= 15 is 0 Å². The van der Waals surface area contributed by atoms with E-state index < -0.39 is 22.6 Å². The molecule has 190 valence electrons. The average molecular weight is 680 g/mol. The molecule has 4 aromatic rings. The van der Waals surface area contributed by atoms with Crippen molar-refractivity contribution in [3.63, 3.8) is 0 Å². The molecule has 0 saturated heterocycles. The number of carbonyl (C=O) groups is 1. The van der Waals surface area contributed by atoms with Gasteiger partial charge in [-0.1, -0.05) is 22.0 Å². The lowest BCUT2D eigenvalue weighted by Crippen LogP contribution is -2.40. The summed E-state index contributed by atoms with van der Waals surface area (Å²) in [7, 11) is 0. The number of nitrogens with one attached hydrogen (secondary N) is 3.